The Morgan fingerprint density at radius 3 is 3.07 bits per heavy atom. The Balaban J connectivity index is 1.29. The van der Waals surface area contributed by atoms with E-state index < -0.39 is 5.41 Å². The molecule has 1 fully saturated rings. The minimum atomic E-state index is -0.628. The predicted molar refractivity (Wildman–Crippen MR) is 105 cm³/mol. The number of amides is 3. The van der Waals surface area contributed by atoms with Crippen molar-refractivity contribution in [2.24, 2.45) is 0 Å². The first-order chi connectivity index (χ1) is 13.7. The van der Waals surface area contributed by atoms with Crippen LogP contribution in [0, 0.1) is 0 Å². The van der Waals surface area contributed by atoms with E-state index in [1.165, 1.54) is 5.56 Å². The first-order valence-electron chi connectivity index (χ1n) is 9.84. The van der Waals surface area contributed by atoms with Crippen molar-refractivity contribution in [1.82, 2.24) is 10.2 Å². The Bertz CT molecular complexity index is 958. The zero-order valence-electron chi connectivity index (χ0n) is 15.7. The molecule has 6 heteroatoms. The molecule has 1 saturated heterocycles. The van der Waals surface area contributed by atoms with Gasteiger partial charge in [0.15, 0.2) is 0 Å². The van der Waals surface area contributed by atoms with Gasteiger partial charge in [-0.05, 0) is 41.7 Å². The minimum Gasteiger partial charge on any atom is -0.493 e. The number of para-hydroxylation sites is 1. The van der Waals surface area contributed by atoms with Crippen molar-refractivity contribution in [2.45, 2.75) is 31.2 Å². The summed E-state index contributed by atoms with van der Waals surface area (Å²) in [6.07, 6.45) is 2.50. The molecule has 0 aromatic heterocycles. The van der Waals surface area contributed by atoms with Crippen LogP contribution in [-0.2, 0) is 23.2 Å². The molecule has 0 aliphatic carbocycles. The number of rotatable bonds is 2. The van der Waals surface area contributed by atoms with Gasteiger partial charge in [-0.2, -0.15) is 0 Å². The third-order valence-electron chi connectivity index (χ3n) is 6.10. The zero-order chi connectivity index (χ0) is 19.1. The number of anilines is 1. The smallest absolute Gasteiger partial charge is 0.317 e. The van der Waals surface area contributed by atoms with Gasteiger partial charge in [0.05, 0.1) is 12.0 Å². The monoisotopic (exact) mass is 377 g/mol. The van der Waals surface area contributed by atoms with Crippen LogP contribution in [0.3, 0.4) is 0 Å². The Hall–Kier alpha value is -3.02. The highest BCUT2D eigenvalue weighted by Crippen LogP contribution is 2.43. The van der Waals surface area contributed by atoms with Crippen LogP contribution >= 0.6 is 0 Å². The van der Waals surface area contributed by atoms with Crippen LogP contribution in [0.15, 0.2) is 42.5 Å². The van der Waals surface area contributed by atoms with Gasteiger partial charge in [0.1, 0.15) is 5.75 Å². The third-order valence-corrected chi connectivity index (χ3v) is 6.10. The van der Waals surface area contributed by atoms with E-state index in [4.69, 9.17) is 4.74 Å². The lowest BCUT2D eigenvalue weighted by atomic mass is 9.75. The van der Waals surface area contributed by atoms with Crippen LogP contribution in [0.1, 0.15) is 29.5 Å². The maximum absolute atomic E-state index is 12.8. The van der Waals surface area contributed by atoms with Gasteiger partial charge in [-0.3, -0.25) is 4.79 Å². The van der Waals surface area contributed by atoms with E-state index in [0.717, 1.165) is 48.4 Å². The largest absolute Gasteiger partial charge is 0.493 e. The number of nitrogens with zero attached hydrogens (tertiary/aromatic N) is 1. The van der Waals surface area contributed by atoms with Crippen molar-refractivity contribution in [3.8, 4) is 5.75 Å². The fourth-order valence-corrected chi connectivity index (χ4v) is 4.65. The second kappa shape index (κ2) is 6.55. The number of fused-ring (bicyclic) bond motifs is 3. The zero-order valence-corrected chi connectivity index (χ0v) is 15.7. The molecule has 1 spiro atoms. The molecule has 2 N–H and O–H groups in total. The van der Waals surface area contributed by atoms with Gasteiger partial charge in [-0.1, -0.05) is 30.3 Å². The summed E-state index contributed by atoms with van der Waals surface area (Å²) in [6, 6.07) is 13.8. The summed E-state index contributed by atoms with van der Waals surface area (Å²) in [5.74, 6) is 0.948. The van der Waals surface area contributed by atoms with Crippen molar-refractivity contribution >= 4 is 17.6 Å². The highest BCUT2D eigenvalue weighted by atomic mass is 16.5. The van der Waals surface area contributed by atoms with Crippen molar-refractivity contribution in [3.05, 3.63) is 59.2 Å². The maximum Gasteiger partial charge on any atom is 0.317 e. The molecular formula is C22H23N3O3. The molecule has 2 aromatic rings. The lowest BCUT2D eigenvalue weighted by Gasteiger charge is -2.39. The second-order valence-corrected chi connectivity index (χ2v) is 7.81. The topological polar surface area (TPSA) is 70.7 Å². The van der Waals surface area contributed by atoms with Crippen LogP contribution < -0.4 is 15.4 Å². The summed E-state index contributed by atoms with van der Waals surface area (Å²) in [7, 11) is 0. The number of urea groups is 1. The van der Waals surface area contributed by atoms with E-state index in [2.05, 4.69) is 16.7 Å². The van der Waals surface area contributed by atoms with Crippen molar-refractivity contribution in [3.63, 3.8) is 0 Å². The van der Waals surface area contributed by atoms with Crippen molar-refractivity contribution < 1.29 is 14.3 Å². The number of ether oxygens (including phenoxy) is 1. The Morgan fingerprint density at radius 1 is 1.25 bits per heavy atom. The van der Waals surface area contributed by atoms with Crippen LogP contribution in [0.2, 0.25) is 0 Å². The Labute approximate surface area is 163 Å². The van der Waals surface area contributed by atoms with Gasteiger partial charge in [0.2, 0.25) is 5.91 Å². The molecule has 3 heterocycles. The summed E-state index contributed by atoms with van der Waals surface area (Å²) in [4.78, 5) is 27.4. The standard InChI is InChI=1S/C22H23N3O3/c26-20-22(17-4-1-2-5-18(17)24-20)9-3-10-25(14-22)21(27)23-13-15-6-7-19-16(12-15)8-11-28-19/h1-2,4-7,12H,3,8-11,13-14H2,(H,23,27)(H,24,26)/t22-/m0/s1. The maximum atomic E-state index is 12.8. The van der Waals surface area contributed by atoms with E-state index >= 15 is 0 Å². The number of nitrogens with one attached hydrogen (secondary N) is 2. The van der Waals surface area contributed by atoms with E-state index in [1.54, 1.807) is 4.90 Å². The van der Waals surface area contributed by atoms with Gasteiger partial charge in [-0.25, -0.2) is 4.79 Å². The first-order valence-corrected chi connectivity index (χ1v) is 9.84. The van der Waals surface area contributed by atoms with E-state index in [0.29, 0.717) is 19.6 Å². The number of hydrogen-bond acceptors (Lipinski definition) is 3. The van der Waals surface area contributed by atoms with Crippen LogP contribution in [-0.4, -0.2) is 36.5 Å². The average Bonchev–Trinajstić information content (AvgIpc) is 3.29. The van der Waals surface area contributed by atoms with Crippen LogP contribution in [0.4, 0.5) is 10.5 Å². The molecule has 0 bridgehead atoms. The van der Waals surface area contributed by atoms with Gasteiger partial charge in [-0.15, -0.1) is 0 Å². The number of hydrogen-bond donors (Lipinski definition) is 2. The molecule has 6 nitrogen and oxygen atoms in total. The number of carbonyl (C=O) groups is 2. The number of likely N-dealkylation sites (tertiary alicyclic amines) is 1. The van der Waals surface area contributed by atoms with Crippen LogP contribution in [0.5, 0.6) is 5.75 Å². The molecule has 0 radical (unpaired) electrons. The third kappa shape index (κ3) is 2.71. The minimum absolute atomic E-state index is 0.00446. The molecule has 0 saturated carbocycles. The number of benzene rings is 2. The van der Waals surface area contributed by atoms with E-state index in [9.17, 15) is 9.59 Å². The first kappa shape index (κ1) is 17.1. The molecule has 0 unspecified atom stereocenters. The second-order valence-electron chi connectivity index (χ2n) is 7.81. The molecular weight excluding hydrogens is 354 g/mol. The quantitative estimate of drug-likeness (QED) is 0.846. The average molecular weight is 377 g/mol. The molecule has 1 atom stereocenters. The summed E-state index contributed by atoms with van der Waals surface area (Å²) in [6.45, 7) is 2.28. The summed E-state index contributed by atoms with van der Waals surface area (Å²) >= 11 is 0. The van der Waals surface area contributed by atoms with Gasteiger partial charge in [0.25, 0.3) is 0 Å². The molecule has 144 valence electrons. The molecule has 3 aliphatic rings. The SMILES string of the molecule is O=C(NCc1ccc2c(c1)CCO2)N1CCC[C@@]2(C1)C(=O)Nc1ccccc12. The fourth-order valence-electron chi connectivity index (χ4n) is 4.65. The molecule has 5 rings (SSSR count). The fraction of sp³-hybridized carbons (Fsp3) is 0.364. The van der Waals surface area contributed by atoms with Crippen LogP contribution in [0.25, 0.3) is 0 Å². The van der Waals surface area contributed by atoms with Crippen molar-refractivity contribution in [2.75, 3.05) is 25.0 Å². The highest BCUT2D eigenvalue weighted by Gasteiger charge is 2.49. The van der Waals surface area contributed by atoms with E-state index in [-0.39, 0.29) is 11.9 Å². The van der Waals surface area contributed by atoms with Gasteiger partial charge in [0, 0.05) is 31.7 Å². The molecule has 3 aliphatic heterocycles. The lowest BCUT2D eigenvalue weighted by Crippen LogP contribution is -2.54. The molecule has 28 heavy (non-hydrogen) atoms. The predicted octanol–water partition coefficient (Wildman–Crippen LogP) is 2.82. The number of carbonyl (C=O) groups excluding carboxylic acids is 2. The molecule has 2 aromatic carbocycles. The normalized spacial score (nSPS) is 22.4. The summed E-state index contributed by atoms with van der Waals surface area (Å²) < 4.78 is 5.53. The molecule has 3 amide bonds. The summed E-state index contributed by atoms with van der Waals surface area (Å²) in [5, 5.41) is 6.01. The lowest BCUT2D eigenvalue weighted by molar-refractivity contribution is -0.122. The summed E-state index contributed by atoms with van der Waals surface area (Å²) in [5.41, 5.74) is 3.51. The Morgan fingerprint density at radius 2 is 2.14 bits per heavy atom. The Kier molecular flexibility index (Phi) is 4.00. The van der Waals surface area contributed by atoms with Crippen molar-refractivity contribution in [1.29, 1.82) is 0 Å². The highest BCUT2D eigenvalue weighted by molar-refractivity contribution is 6.06. The number of piperidine rings is 1. The van der Waals surface area contributed by atoms with Gasteiger partial charge < -0.3 is 20.3 Å². The van der Waals surface area contributed by atoms with E-state index in [1.807, 2.05) is 36.4 Å². The van der Waals surface area contributed by atoms with Gasteiger partial charge >= 0.3 is 6.03 Å².